The third kappa shape index (κ3) is 3.47. The van der Waals surface area contributed by atoms with Crippen molar-refractivity contribution in [3.63, 3.8) is 0 Å². The molecule has 1 fully saturated rings. The van der Waals surface area contributed by atoms with Gasteiger partial charge in [0.25, 0.3) is 0 Å². The lowest BCUT2D eigenvalue weighted by atomic mass is 9.99. The van der Waals surface area contributed by atoms with Crippen molar-refractivity contribution in [3.05, 3.63) is 34.9 Å². The normalized spacial score (nSPS) is 18.5. The molecular formula is C14H18ClNO2. The molecule has 4 heteroatoms. The molecule has 2 rings (SSSR count). The molecule has 18 heavy (non-hydrogen) atoms. The number of likely N-dealkylation sites (tertiary alicyclic amines) is 1. The number of rotatable bonds is 4. The van der Waals surface area contributed by atoms with Crippen molar-refractivity contribution in [2.75, 3.05) is 13.1 Å². The number of carboxylic acids is 1. The second kappa shape index (κ2) is 6.21. The van der Waals surface area contributed by atoms with E-state index in [-0.39, 0.29) is 12.5 Å². The van der Waals surface area contributed by atoms with Gasteiger partial charge in [0.1, 0.15) is 0 Å². The molecule has 1 unspecified atom stereocenters. The standard InChI is InChI=1S/C14H18ClNO2/c15-12-6-4-5-11(9-12)13(10-14(17)18)16-7-2-1-3-8-16/h4-6,9,13H,1-3,7-8,10H2,(H,17,18). The molecule has 1 aromatic rings. The van der Waals surface area contributed by atoms with E-state index in [0.29, 0.717) is 5.02 Å². The van der Waals surface area contributed by atoms with Crippen molar-refractivity contribution in [2.45, 2.75) is 31.7 Å². The second-order valence-corrected chi connectivity index (χ2v) is 5.20. The Balaban J connectivity index is 2.20. The van der Waals surface area contributed by atoms with Crippen molar-refractivity contribution < 1.29 is 9.90 Å². The molecule has 1 aromatic carbocycles. The highest BCUT2D eigenvalue weighted by Crippen LogP contribution is 2.29. The van der Waals surface area contributed by atoms with E-state index in [1.54, 1.807) is 0 Å². The fourth-order valence-corrected chi connectivity index (χ4v) is 2.77. The zero-order chi connectivity index (χ0) is 13.0. The number of halogens is 1. The van der Waals surface area contributed by atoms with Gasteiger partial charge in [-0.25, -0.2) is 0 Å². The summed E-state index contributed by atoms with van der Waals surface area (Å²) >= 11 is 6.00. The van der Waals surface area contributed by atoms with Gasteiger partial charge in [0.05, 0.1) is 6.42 Å². The molecule has 0 saturated carbocycles. The maximum Gasteiger partial charge on any atom is 0.305 e. The molecule has 3 nitrogen and oxygen atoms in total. The molecule has 1 N–H and O–H groups in total. The van der Waals surface area contributed by atoms with Crippen LogP contribution in [0.3, 0.4) is 0 Å². The van der Waals surface area contributed by atoms with Gasteiger partial charge in [-0.05, 0) is 43.6 Å². The van der Waals surface area contributed by atoms with Crippen LogP contribution in [-0.4, -0.2) is 29.1 Å². The van der Waals surface area contributed by atoms with Crippen LogP contribution in [0.25, 0.3) is 0 Å². The Morgan fingerprint density at radius 3 is 2.67 bits per heavy atom. The maximum atomic E-state index is 11.1. The van der Waals surface area contributed by atoms with Crippen molar-refractivity contribution in [1.82, 2.24) is 4.90 Å². The summed E-state index contributed by atoms with van der Waals surface area (Å²) < 4.78 is 0. The minimum Gasteiger partial charge on any atom is -0.481 e. The number of hydrogen-bond acceptors (Lipinski definition) is 2. The minimum atomic E-state index is -0.759. The van der Waals surface area contributed by atoms with Crippen LogP contribution in [0.15, 0.2) is 24.3 Å². The van der Waals surface area contributed by atoms with Gasteiger partial charge in [0.2, 0.25) is 0 Å². The monoisotopic (exact) mass is 267 g/mol. The Labute approximate surface area is 112 Å². The van der Waals surface area contributed by atoms with Crippen LogP contribution in [0, 0.1) is 0 Å². The molecule has 98 valence electrons. The summed E-state index contributed by atoms with van der Waals surface area (Å²) in [4.78, 5) is 13.3. The Kier molecular flexibility index (Phi) is 4.61. The highest BCUT2D eigenvalue weighted by atomic mass is 35.5. The first-order valence-corrected chi connectivity index (χ1v) is 6.76. The highest BCUT2D eigenvalue weighted by molar-refractivity contribution is 6.30. The SMILES string of the molecule is O=C(O)CC(c1cccc(Cl)c1)N1CCCCC1. The minimum absolute atomic E-state index is 0.0542. The van der Waals surface area contributed by atoms with E-state index in [0.717, 1.165) is 31.5 Å². The summed E-state index contributed by atoms with van der Waals surface area (Å²) in [5.41, 5.74) is 1.01. The first-order valence-electron chi connectivity index (χ1n) is 6.38. The topological polar surface area (TPSA) is 40.5 Å². The predicted octanol–water partition coefficient (Wildman–Crippen LogP) is 3.34. The summed E-state index contributed by atoms with van der Waals surface area (Å²) in [6.07, 6.45) is 3.68. The van der Waals surface area contributed by atoms with Crippen LogP contribution in [0.5, 0.6) is 0 Å². The lowest BCUT2D eigenvalue weighted by molar-refractivity contribution is -0.138. The van der Waals surface area contributed by atoms with Crippen molar-refractivity contribution >= 4 is 17.6 Å². The van der Waals surface area contributed by atoms with E-state index in [4.69, 9.17) is 16.7 Å². The van der Waals surface area contributed by atoms with Crippen LogP contribution in [0.2, 0.25) is 5.02 Å². The molecular weight excluding hydrogens is 250 g/mol. The van der Waals surface area contributed by atoms with Gasteiger partial charge in [0.15, 0.2) is 0 Å². The Hall–Kier alpha value is -1.06. The molecule has 1 aliphatic rings. The lowest BCUT2D eigenvalue weighted by Crippen LogP contribution is -2.34. The van der Waals surface area contributed by atoms with Crippen LogP contribution in [-0.2, 0) is 4.79 Å². The third-order valence-electron chi connectivity index (χ3n) is 3.43. The lowest BCUT2D eigenvalue weighted by Gasteiger charge is -2.34. The van der Waals surface area contributed by atoms with E-state index in [1.165, 1.54) is 6.42 Å². The zero-order valence-electron chi connectivity index (χ0n) is 10.3. The van der Waals surface area contributed by atoms with E-state index < -0.39 is 5.97 Å². The average molecular weight is 268 g/mol. The molecule has 0 spiro atoms. The first kappa shape index (κ1) is 13.4. The summed E-state index contributed by atoms with van der Waals surface area (Å²) in [5.74, 6) is -0.759. The fourth-order valence-electron chi connectivity index (χ4n) is 2.57. The van der Waals surface area contributed by atoms with Gasteiger partial charge in [-0.15, -0.1) is 0 Å². The molecule has 1 heterocycles. The molecule has 0 radical (unpaired) electrons. The number of benzene rings is 1. The quantitative estimate of drug-likeness (QED) is 0.910. The van der Waals surface area contributed by atoms with Crippen molar-refractivity contribution in [1.29, 1.82) is 0 Å². The number of aliphatic carboxylic acids is 1. The van der Waals surface area contributed by atoms with E-state index in [9.17, 15) is 4.79 Å². The van der Waals surface area contributed by atoms with Crippen molar-refractivity contribution in [2.24, 2.45) is 0 Å². The largest absolute Gasteiger partial charge is 0.481 e. The van der Waals surface area contributed by atoms with Gasteiger partial charge in [0, 0.05) is 11.1 Å². The van der Waals surface area contributed by atoms with E-state index in [1.807, 2.05) is 24.3 Å². The van der Waals surface area contributed by atoms with Gasteiger partial charge in [-0.3, -0.25) is 9.69 Å². The number of hydrogen-bond donors (Lipinski definition) is 1. The summed E-state index contributed by atoms with van der Waals surface area (Å²) in [5, 5.41) is 9.75. The highest BCUT2D eigenvalue weighted by Gasteiger charge is 2.24. The molecule has 0 amide bonds. The predicted molar refractivity (Wildman–Crippen MR) is 71.9 cm³/mol. The van der Waals surface area contributed by atoms with E-state index >= 15 is 0 Å². The fraction of sp³-hybridized carbons (Fsp3) is 0.500. The smallest absolute Gasteiger partial charge is 0.305 e. The van der Waals surface area contributed by atoms with Crippen molar-refractivity contribution in [3.8, 4) is 0 Å². The molecule has 0 bridgehead atoms. The van der Waals surface area contributed by atoms with Crippen LogP contribution >= 0.6 is 11.6 Å². The van der Waals surface area contributed by atoms with Gasteiger partial charge < -0.3 is 5.11 Å². The zero-order valence-corrected chi connectivity index (χ0v) is 11.1. The number of piperidine rings is 1. The molecule has 1 saturated heterocycles. The third-order valence-corrected chi connectivity index (χ3v) is 3.67. The Morgan fingerprint density at radius 1 is 1.33 bits per heavy atom. The number of carboxylic acid groups (broad SMARTS) is 1. The van der Waals surface area contributed by atoms with Crippen LogP contribution in [0.4, 0.5) is 0 Å². The van der Waals surface area contributed by atoms with E-state index in [2.05, 4.69) is 4.90 Å². The second-order valence-electron chi connectivity index (χ2n) is 4.77. The van der Waals surface area contributed by atoms with Gasteiger partial charge in [-0.2, -0.15) is 0 Å². The Bertz CT molecular complexity index is 416. The Morgan fingerprint density at radius 2 is 2.06 bits per heavy atom. The van der Waals surface area contributed by atoms with Crippen LogP contribution in [0.1, 0.15) is 37.3 Å². The molecule has 0 aliphatic carbocycles. The molecule has 0 aromatic heterocycles. The van der Waals surface area contributed by atoms with Gasteiger partial charge >= 0.3 is 5.97 Å². The summed E-state index contributed by atoms with van der Waals surface area (Å²) in [6.45, 7) is 1.95. The number of carbonyl (C=O) groups is 1. The van der Waals surface area contributed by atoms with Crippen LogP contribution < -0.4 is 0 Å². The summed E-state index contributed by atoms with van der Waals surface area (Å²) in [6, 6.07) is 7.49. The average Bonchev–Trinajstić information content (AvgIpc) is 2.37. The first-order chi connectivity index (χ1) is 8.66. The summed E-state index contributed by atoms with van der Waals surface area (Å²) in [7, 11) is 0. The molecule has 1 atom stereocenters. The molecule has 1 aliphatic heterocycles. The van der Waals surface area contributed by atoms with Gasteiger partial charge in [-0.1, -0.05) is 30.2 Å². The number of nitrogens with zero attached hydrogens (tertiary/aromatic N) is 1. The maximum absolute atomic E-state index is 11.1.